The van der Waals surface area contributed by atoms with Gasteiger partial charge in [-0.05, 0) is 37.1 Å². The number of rotatable bonds is 5. The maximum Gasteiger partial charge on any atom is 0.417 e. The summed E-state index contributed by atoms with van der Waals surface area (Å²) in [4.78, 5) is 21.5. The molecule has 7 nitrogen and oxygen atoms in total. The zero-order valence-electron chi connectivity index (χ0n) is 21.8. The van der Waals surface area contributed by atoms with E-state index in [4.69, 9.17) is 4.74 Å². The third-order valence-corrected chi connectivity index (χ3v) is 8.91. The molecule has 0 aromatic heterocycles. The Bertz CT molecular complexity index is 1420. The Balaban J connectivity index is 1.51. The number of carbonyl (C=O) groups excluding carboxylic acids is 1. The molecule has 0 radical (unpaired) electrons. The van der Waals surface area contributed by atoms with Gasteiger partial charge in [0.15, 0.2) is 0 Å². The first-order chi connectivity index (χ1) is 19.6. The number of nitrogens with zero attached hydrogens (tertiary/aromatic N) is 4. The average Bonchev–Trinajstić information content (AvgIpc) is 3.77. The number of halogens is 5. The fourth-order valence-corrected chi connectivity index (χ4v) is 6.85. The number of anilines is 1. The van der Waals surface area contributed by atoms with Crippen molar-refractivity contribution in [1.29, 1.82) is 0 Å². The molecule has 218 valence electrons. The molecule has 2 fully saturated rings. The molecule has 13 heteroatoms. The monoisotopic (exact) mass is 594 g/mol. The number of aliphatic hydroxyl groups is 1. The highest BCUT2D eigenvalue weighted by Crippen LogP contribution is 2.53. The average molecular weight is 595 g/mol. The SMILES string of the molecule is C=CC(=O)N1CCN(C2=NC(O)N3c4c2cc(C(F)(F)F)c(-c2ccc(F)cc2F)c4SCC3COC2CC2)CC1. The van der Waals surface area contributed by atoms with Crippen LogP contribution in [0.5, 0.6) is 0 Å². The van der Waals surface area contributed by atoms with E-state index in [2.05, 4.69) is 11.6 Å². The molecule has 41 heavy (non-hydrogen) atoms. The second-order valence-corrected chi connectivity index (χ2v) is 11.4. The summed E-state index contributed by atoms with van der Waals surface area (Å²) in [5, 5.41) is 11.3. The van der Waals surface area contributed by atoms with Crippen LogP contribution in [0.15, 0.2) is 46.8 Å². The lowest BCUT2D eigenvalue weighted by molar-refractivity contribution is -0.137. The van der Waals surface area contributed by atoms with Crippen LogP contribution in [0.3, 0.4) is 0 Å². The van der Waals surface area contributed by atoms with Crippen molar-refractivity contribution in [2.24, 2.45) is 4.99 Å². The summed E-state index contributed by atoms with van der Waals surface area (Å²) < 4.78 is 78.8. The lowest BCUT2D eigenvalue weighted by Gasteiger charge is -2.46. The third kappa shape index (κ3) is 5.19. The number of thioether (sulfide) groups is 1. The van der Waals surface area contributed by atoms with Crippen LogP contribution >= 0.6 is 11.8 Å². The highest BCUT2D eigenvalue weighted by atomic mass is 32.2. The van der Waals surface area contributed by atoms with Crippen LogP contribution in [0, 0.1) is 11.6 Å². The smallest absolute Gasteiger partial charge is 0.376 e. The Hall–Kier alpha value is -3.16. The van der Waals surface area contributed by atoms with E-state index in [0.29, 0.717) is 24.8 Å². The van der Waals surface area contributed by atoms with E-state index in [1.807, 2.05) is 0 Å². The molecule has 1 amide bonds. The number of amidine groups is 1. The largest absolute Gasteiger partial charge is 0.417 e. The quantitative estimate of drug-likeness (QED) is 0.407. The number of amides is 1. The molecule has 2 unspecified atom stereocenters. The van der Waals surface area contributed by atoms with E-state index in [1.54, 1.807) is 14.7 Å². The van der Waals surface area contributed by atoms with Crippen LogP contribution in [0.1, 0.15) is 24.0 Å². The van der Waals surface area contributed by atoms with Crippen molar-refractivity contribution in [3.8, 4) is 11.1 Å². The van der Waals surface area contributed by atoms with Gasteiger partial charge in [0.25, 0.3) is 0 Å². The molecule has 1 aliphatic carbocycles. The Morgan fingerprint density at radius 3 is 2.51 bits per heavy atom. The molecule has 1 N–H and O–H groups in total. The van der Waals surface area contributed by atoms with E-state index in [1.165, 1.54) is 6.08 Å². The van der Waals surface area contributed by atoms with Gasteiger partial charge in [0.1, 0.15) is 17.5 Å². The molecule has 1 saturated carbocycles. The summed E-state index contributed by atoms with van der Waals surface area (Å²) in [5.41, 5.74) is -1.41. The number of benzene rings is 2. The molecule has 3 heterocycles. The van der Waals surface area contributed by atoms with Crippen LogP contribution < -0.4 is 4.90 Å². The third-order valence-electron chi connectivity index (χ3n) is 7.67. The molecule has 1 saturated heterocycles. The highest BCUT2D eigenvalue weighted by Gasteiger charge is 2.45. The second kappa shape index (κ2) is 10.6. The standard InChI is InChI=1S/C28H27F5N4O3S/c1-2-22(38)35-7-9-36(10-8-35)26-19-12-20(28(31,32)33)23(18-6-3-15(29)11-21(18)30)25-24(19)37(27(39)34-26)16(14-41-25)13-40-17-4-5-17/h2-3,6,11-12,16-17,27,39H,1,4-5,7-10,13-14H2. The lowest BCUT2D eigenvalue weighted by Crippen LogP contribution is -2.55. The van der Waals surface area contributed by atoms with Gasteiger partial charge in [0, 0.05) is 59.6 Å². The Morgan fingerprint density at radius 2 is 1.88 bits per heavy atom. The van der Waals surface area contributed by atoms with Crippen LogP contribution in [0.25, 0.3) is 11.1 Å². The molecule has 3 aliphatic heterocycles. The van der Waals surface area contributed by atoms with Gasteiger partial charge in [0.2, 0.25) is 12.3 Å². The van der Waals surface area contributed by atoms with Crippen molar-refractivity contribution < 1.29 is 36.6 Å². The molecule has 2 aromatic rings. The zero-order chi connectivity index (χ0) is 29.1. The lowest BCUT2D eigenvalue weighted by atomic mass is 9.92. The fourth-order valence-electron chi connectivity index (χ4n) is 5.52. The van der Waals surface area contributed by atoms with Gasteiger partial charge in [-0.15, -0.1) is 11.8 Å². The summed E-state index contributed by atoms with van der Waals surface area (Å²) in [6, 6.07) is 3.03. The molecule has 0 spiro atoms. The normalized spacial score (nSPS) is 22.4. The molecular weight excluding hydrogens is 567 g/mol. The summed E-state index contributed by atoms with van der Waals surface area (Å²) in [5.74, 6) is -1.85. The maximum atomic E-state index is 15.1. The van der Waals surface area contributed by atoms with Crippen molar-refractivity contribution in [3.63, 3.8) is 0 Å². The minimum atomic E-state index is -4.88. The number of hydrogen-bond acceptors (Lipinski definition) is 7. The predicted molar refractivity (Wildman–Crippen MR) is 144 cm³/mol. The summed E-state index contributed by atoms with van der Waals surface area (Å²) >= 11 is 1.13. The van der Waals surface area contributed by atoms with Gasteiger partial charge >= 0.3 is 6.18 Å². The molecule has 4 aliphatic rings. The number of hydrogen-bond donors (Lipinski definition) is 1. The van der Waals surface area contributed by atoms with Gasteiger partial charge in [-0.1, -0.05) is 6.58 Å². The number of alkyl halides is 3. The number of carbonyl (C=O) groups is 1. The van der Waals surface area contributed by atoms with Crippen LogP contribution in [0.4, 0.5) is 27.6 Å². The first-order valence-corrected chi connectivity index (χ1v) is 14.2. The Kier molecular flexibility index (Phi) is 7.23. The van der Waals surface area contributed by atoms with E-state index >= 15 is 4.39 Å². The van der Waals surface area contributed by atoms with Gasteiger partial charge in [0.05, 0.1) is 30.0 Å². The van der Waals surface area contributed by atoms with E-state index < -0.39 is 41.3 Å². The number of aliphatic imine (C=N–C) groups is 1. The van der Waals surface area contributed by atoms with E-state index in [0.717, 1.165) is 42.8 Å². The molecule has 6 rings (SSSR count). The fraction of sp³-hybridized carbons (Fsp3) is 0.429. The minimum Gasteiger partial charge on any atom is -0.376 e. The topological polar surface area (TPSA) is 68.6 Å². The van der Waals surface area contributed by atoms with Gasteiger partial charge in [-0.2, -0.15) is 13.2 Å². The van der Waals surface area contributed by atoms with Crippen molar-refractivity contribution in [2.75, 3.05) is 43.4 Å². The summed E-state index contributed by atoms with van der Waals surface area (Å²) in [6.45, 7) is 4.88. The zero-order valence-corrected chi connectivity index (χ0v) is 22.6. The van der Waals surface area contributed by atoms with Crippen LogP contribution in [0.2, 0.25) is 0 Å². The van der Waals surface area contributed by atoms with Crippen LogP contribution in [-0.4, -0.2) is 83.7 Å². The maximum absolute atomic E-state index is 15.1. The van der Waals surface area contributed by atoms with Gasteiger partial charge < -0.3 is 24.5 Å². The molecule has 2 atom stereocenters. The Labute approximate surface area is 237 Å². The summed E-state index contributed by atoms with van der Waals surface area (Å²) in [7, 11) is 0. The van der Waals surface area contributed by atoms with Crippen molar-refractivity contribution in [2.45, 2.75) is 42.4 Å². The van der Waals surface area contributed by atoms with E-state index in [9.17, 15) is 27.5 Å². The van der Waals surface area contributed by atoms with E-state index in [-0.39, 0.29) is 59.3 Å². The summed E-state index contributed by atoms with van der Waals surface area (Å²) in [6.07, 6.45) is -3.13. The molecule has 2 aromatic carbocycles. The number of ether oxygens (including phenoxy) is 1. The predicted octanol–water partition coefficient (Wildman–Crippen LogP) is 4.48. The van der Waals surface area contributed by atoms with Crippen molar-refractivity contribution in [3.05, 3.63) is 59.7 Å². The first kappa shape index (κ1) is 28.0. The Morgan fingerprint density at radius 1 is 1.15 bits per heavy atom. The van der Waals surface area contributed by atoms with Crippen molar-refractivity contribution >= 4 is 29.2 Å². The number of piperazine rings is 1. The molecular formula is C28H27F5N4O3S. The number of aliphatic hydroxyl groups excluding tert-OH is 1. The van der Waals surface area contributed by atoms with Gasteiger partial charge in [-0.25, -0.2) is 13.8 Å². The minimum absolute atomic E-state index is 0.118. The van der Waals surface area contributed by atoms with Gasteiger partial charge in [-0.3, -0.25) is 4.79 Å². The first-order valence-electron chi connectivity index (χ1n) is 13.3. The second-order valence-electron chi connectivity index (χ2n) is 10.4. The highest BCUT2D eigenvalue weighted by molar-refractivity contribution is 7.99. The molecule has 0 bridgehead atoms. The van der Waals surface area contributed by atoms with Crippen molar-refractivity contribution in [1.82, 2.24) is 9.80 Å². The van der Waals surface area contributed by atoms with Crippen LogP contribution in [-0.2, 0) is 15.7 Å².